The molecule has 1 atom stereocenters. The van der Waals surface area contributed by atoms with E-state index in [1.165, 1.54) is 25.4 Å². The highest BCUT2D eigenvalue weighted by atomic mass is 35.5. The zero-order valence-corrected chi connectivity index (χ0v) is 18.8. The van der Waals surface area contributed by atoms with E-state index >= 15 is 0 Å². The fraction of sp³-hybridized carbons (Fsp3) is 0.435. The molecule has 5 nitrogen and oxygen atoms in total. The number of nitrogens with zero attached hydrogens (tertiary/aromatic N) is 1. The van der Waals surface area contributed by atoms with Gasteiger partial charge in [0.05, 0.1) is 13.7 Å². The van der Waals surface area contributed by atoms with E-state index in [-0.39, 0.29) is 5.70 Å². The molecule has 0 saturated carbocycles. The topological polar surface area (TPSA) is 77.6 Å². The van der Waals surface area contributed by atoms with Gasteiger partial charge in [-0.25, -0.2) is 4.98 Å². The molecule has 2 heterocycles. The molecule has 1 unspecified atom stereocenters. The lowest BCUT2D eigenvalue weighted by Gasteiger charge is -2.38. The standard InChI is InChI=1S/C23H26ClF3N2O3/c1-21(2,18-11-16(24)10-15-5-7-32-20(15)18)13-22(30,23(25,26)27)12-17(28)8-14-4-6-29-19(9-14)31-3/h4,6,8-11,30H,5,7,12-13,28H2,1-3H3/b17-8-. The third-order valence-electron chi connectivity index (χ3n) is 5.56. The van der Waals surface area contributed by atoms with E-state index in [1.54, 1.807) is 32.0 Å². The van der Waals surface area contributed by atoms with Crippen molar-refractivity contribution in [1.82, 2.24) is 4.98 Å². The summed E-state index contributed by atoms with van der Waals surface area (Å²) >= 11 is 6.21. The average molecular weight is 471 g/mol. The molecule has 0 aliphatic carbocycles. The Morgan fingerprint density at radius 3 is 2.69 bits per heavy atom. The lowest BCUT2D eigenvalue weighted by atomic mass is 9.72. The van der Waals surface area contributed by atoms with Crippen LogP contribution in [0.2, 0.25) is 5.02 Å². The van der Waals surface area contributed by atoms with Crippen LogP contribution in [0, 0.1) is 0 Å². The molecule has 1 aromatic heterocycles. The minimum atomic E-state index is -4.92. The fourth-order valence-electron chi connectivity index (χ4n) is 4.09. The maximum Gasteiger partial charge on any atom is 0.417 e. The SMILES string of the molecule is COc1cc(/C=C(\N)CC(O)(CC(C)(C)c2cc(Cl)cc3c2OCC3)C(F)(F)F)ccn1. The molecule has 2 aromatic rings. The van der Waals surface area contributed by atoms with Gasteiger partial charge in [0.15, 0.2) is 5.60 Å². The molecule has 1 aliphatic heterocycles. The van der Waals surface area contributed by atoms with E-state index in [1.807, 2.05) is 0 Å². The van der Waals surface area contributed by atoms with Gasteiger partial charge in [-0.3, -0.25) is 0 Å². The van der Waals surface area contributed by atoms with Crippen molar-refractivity contribution in [2.75, 3.05) is 13.7 Å². The minimum Gasteiger partial charge on any atom is -0.493 e. The summed E-state index contributed by atoms with van der Waals surface area (Å²) in [6.07, 6.45) is -2.89. The molecule has 1 aromatic carbocycles. The summed E-state index contributed by atoms with van der Waals surface area (Å²) < 4.78 is 53.0. The Morgan fingerprint density at radius 1 is 1.31 bits per heavy atom. The molecule has 3 N–H and O–H groups in total. The second-order valence-electron chi connectivity index (χ2n) is 8.66. The minimum absolute atomic E-state index is 0.124. The molecule has 0 bridgehead atoms. The second-order valence-corrected chi connectivity index (χ2v) is 9.09. The molecular weight excluding hydrogens is 445 g/mol. The third kappa shape index (κ3) is 5.13. The molecule has 0 fully saturated rings. The van der Waals surface area contributed by atoms with Crippen LogP contribution in [0.15, 0.2) is 36.2 Å². The Morgan fingerprint density at radius 2 is 2.03 bits per heavy atom. The molecule has 3 rings (SSSR count). The van der Waals surface area contributed by atoms with Crippen molar-refractivity contribution >= 4 is 17.7 Å². The van der Waals surface area contributed by atoms with Crippen LogP contribution in [-0.4, -0.2) is 35.6 Å². The van der Waals surface area contributed by atoms with Gasteiger partial charge in [-0.2, -0.15) is 13.2 Å². The maximum atomic E-state index is 14.1. The smallest absolute Gasteiger partial charge is 0.417 e. The van der Waals surface area contributed by atoms with Gasteiger partial charge in [-0.05, 0) is 47.2 Å². The quantitative estimate of drug-likeness (QED) is 0.593. The zero-order chi connectivity index (χ0) is 23.7. The van der Waals surface area contributed by atoms with E-state index < -0.39 is 30.0 Å². The predicted octanol–water partition coefficient (Wildman–Crippen LogP) is 5.03. The Balaban J connectivity index is 1.93. The second kappa shape index (κ2) is 8.83. The summed E-state index contributed by atoms with van der Waals surface area (Å²) in [5, 5.41) is 11.3. The number of aliphatic hydroxyl groups is 1. The first kappa shape index (κ1) is 24.2. The highest BCUT2D eigenvalue weighted by molar-refractivity contribution is 6.30. The van der Waals surface area contributed by atoms with Crippen LogP contribution in [0.4, 0.5) is 13.2 Å². The summed E-state index contributed by atoms with van der Waals surface area (Å²) in [7, 11) is 1.43. The van der Waals surface area contributed by atoms with Crippen LogP contribution in [0.25, 0.3) is 6.08 Å². The van der Waals surface area contributed by atoms with E-state index in [2.05, 4.69) is 4.98 Å². The van der Waals surface area contributed by atoms with Crippen LogP contribution < -0.4 is 15.2 Å². The first-order chi connectivity index (χ1) is 14.8. The monoisotopic (exact) mass is 470 g/mol. The van der Waals surface area contributed by atoms with Crippen molar-refractivity contribution in [1.29, 1.82) is 0 Å². The molecule has 174 valence electrons. The lowest BCUT2D eigenvalue weighted by Crippen LogP contribution is -2.50. The molecular formula is C23H26ClF3N2O3. The van der Waals surface area contributed by atoms with E-state index in [0.29, 0.717) is 40.8 Å². The van der Waals surface area contributed by atoms with Gasteiger partial charge in [0, 0.05) is 41.4 Å². The number of pyridine rings is 1. The number of benzene rings is 1. The highest BCUT2D eigenvalue weighted by Crippen LogP contribution is 2.48. The van der Waals surface area contributed by atoms with Gasteiger partial charge in [0.25, 0.3) is 0 Å². The van der Waals surface area contributed by atoms with Gasteiger partial charge in [0.1, 0.15) is 5.75 Å². The third-order valence-corrected chi connectivity index (χ3v) is 5.77. The Labute approximate surface area is 190 Å². The number of aromatic nitrogens is 1. The number of alkyl halides is 3. The van der Waals surface area contributed by atoms with Gasteiger partial charge in [-0.1, -0.05) is 25.4 Å². The normalized spacial score (nSPS) is 16.3. The lowest BCUT2D eigenvalue weighted by molar-refractivity contribution is -0.266. The first-order valence-electron chi connectivity index (χ1n) is 10.1. The Hall–Kier alpha value is -2.45. The largest absolute Gasteiger partial charge is 0.493 e. The van der Waals surface area contributed by atoms with E-state index in [0.717, 1.165) is 5.56 Å². The van der Waals surface area contributed by atoms with Crippen molar-refractivity contribution in [3.8, 4) is 11.6 Å². The Bertz CT molecular complexity index is 1020. The van der Waals surface area contributed by atoms with Crippen LogP contribution >= 0.6 is 11.6 Å². The maximum absolute atomic E-state index is 14.1. The van der Waals surface area contributed by atoms with Crippen LogP contribution in [0.1, 0.15) is 43.4 Å². The van der Waals surface area contributed by atoms with Crippen LogP contribution in [0.5, 0.6) is 11.6 Å². The molecule has 9 heteroatoms. The molecule has 0 amide bonds. The van der Waals surface area contributed by atoms with Crippen LogP contribution in [-0.2, 0) is 11.8 Å². The number of fused-ring (bicyclic) bond motifs is 1. The van der Waals surface area contributed by atoms with Gasteiger partial charge < -0.3 is 20.3 Å². The molecule has 0 spiro atoms. The summed E-state index contributed by atoms with van der Waals surface area (Å²) in [6, 6.07) is 6.47. The number of methoxy groups -OCH3 is 1. The summed E-state index contributed by atoms with van der Waals surface area (Å²) in [5.74, 6) is 0.838. The summed E-state index contributed by atoms with van der Waals surface area (Å²) in [4.78, 5) is 3.95. The van der Waals surface area contributed by atoms with Gasteiger partial charge in [0.2, 0.25) is 5.88 Å². The number of nitrogens with two attached hydrogens (primary N) is 1. The highest BCUT2D eigenvalue weighted by Gasteiger charge is 2.56. The summed E-state index contributed by atoms with van der Waals surface area (Å²) in [5.41, 5.74) is 3.54. The molecule has 1 aliphatic rings. The molecule has 32 heavy (non-hydrogen) atoms. The zero-order valence-electron chi connectivity index (χ0n) is 18.1. The van der Waals surface area contributed by atoms with Gasteiger partial charge in [-0.15, -0.1) is 0 Å². The number of halogens is 4. The van der Waals surface area contributed by atoms with Crippen molar-refractivity contribution < 1.29 is 27.8 Å². The van der Waals surface area contributed by atoms with Gasteiger partial charge >= 0.3 is 6.18 Å². The number of ether oxygens (including phenoxy) is 2. The number of rotatable bonds is 7. The molecule has 0 radical (unpaired) electrons. The summed E-state index contributed by atoms with van der Waals surface area (Å²) in [6.45, 7) is 3.70. The molecule has 0 saturated heterocycles. The van der Waals surface area contributed by atoms with Crippen molar-refractivity contribution in [3.63, 3.8) is 0 Å². The first-order valence-corrected chi connectivity index (χ1v) is 10.4. The number of hydrogen-bond donors (Lipinski definition) is 2. The van der Waals surface area contributed by atoms with Crippen LogP contribution in [0.3, 0.4) is 0 Å². The van der Waals surface area contributed by atoms with Crippen molar-refractivity contribution in [3.05, 3.63) is 57.9 Å². The Kier molecular flexibility index (Phi) is 6.67. The van der Waals surface area contributed by atoms with E-state index in [9.17, 15) is 18.3 Å². The number of hydrogen-bond acceptors (Lipinski definition) is 5. The fourth-order valence-corrected chi connectivity index (χ4v) is 4.33. The van der Waals surface area contributed by atoms with Crippen molar-refractivity contribution in [2.24, 2.45) is 5.73 Å². The predicted molar refractivity (Wildman–Crippen MR) is 117 cm³/mol. The van der Waals surface area contributed by atoms with Crippen molar-refractivity contribution in [2.45, 2.75) is 50.3 Å². The average Bonchev–Trinajstić information content (AvgIpc) is 3.14. The van der Waals surface area contributed by atoms with E-state index in [4.69, 9.17) is 26.8 Å².